The van der Waals surface area contributed by atoms with Crippen molar-refractivity contribution in [2.45, 2.75) is 0 Å². The summed E-state index contributed by atoms with van der Waals surface area (Å²) < 4.78 is 0. The number of carboxylic acid groups (broad SMARTS) is 1. The first-order chi connectivity index (χ1) is 5.52. The van der Waals surface area contributed by atoms with Gasteiger partial charge in [-0.1, -0.05) is 0 Å². The number of hydrogen-bond acceptors (Lipinski definition) is 4. The predicted octanol–water partition coefficient (Wildman–Crippen LogP) is 0.346. The van der Waals surface area contributed by atoms with E-state index in [0.29, 0.717) is 0 Å². The standard InChI is InChI=1S/C7H6O5.Be.2H/c8-4-1-3(7(11)12)2-5(9)6(4)10;;;/h1-2,8-10H,(H,11,12);;;/q;+2;2*-1. The van der Waals surface area contributed by atoms with Crippen LogP contribution in [0.3, 0.4) is 0 Å². The molecule has 0 bridgehead atoms. The maximum atomic E-state index is 10.3. The van der Waals surface area contributed by atoms with E-state index in [1.54, 1.807) is 0 Å². The molecule has 0 heterocycles. The molecule has 1 rings (SSSR count). The quantitative estimate of drug-likeness (QED) is 0.370. The van der Waals surface area contributed by atoms with Crippen molar-refractivity contribution in [2.75, 3.05) is 0 Å². The van der Waals surface area contributed by atoms with E-state index >= 15 is 0 Å². The van der Waals surface area contributed by atoms with Crippen LogP contribution in [0.2, 0.25) is 0 Å². The van der Waals surface area contributed by atoms with Crippen LogP contribution in [-0.2, 0) is 0 Å². The fourth-order valence-corrected chi connectivity index (χ4v) is 0.728. The van der Waals surface area contributed by atoms with Gasteiger partial charge in [-0.25, -0.2) is 4.79 Å². The smallest absolute Gasteiger partial charge is 1.00 e. The third-order valence-electron chi connectivity index (χ3n) is 1.32. The molecule has 0 aromatic heterocycles. The molecule has 0 aliphatic carbocycles. The Bertz CT molecular complexity index is 321. The maximum Gasteiger partial charge on any atom is 2.00 e. The third-order valence-corrected chi connectivity index (χ3v) is 1.32. The number of phenols is 3. The minimum atomic E-state index is -1.29. The number of aromatic carboxylic acids is 1. The van der Waals surface area contributed by atoms with E-state index in [9.17, 15) is 4.79 Å². The maximum absolute atomic E-state index is 10.3. The molecule has 0 saturated carbocycles. The molecular weight excluding hydrogens is 173 g/mol. The number of hydrogen-bond donors (Lipinski definition) is 4. The first-order valence-corrected chi connectivity index (χ1v) is 3.00. The van der Waals surface area contributed by atoms with Crippen LogP contribution in [0, 0.1) is 0 Å². The number of phenolic OH excluding ortho intramolecular Hbond substituents is 3. The molecule has 5 nitrogen and oxygen atoms in total. The van der Waals surface area contributed by atoms with E-state index in [-0.39, 0.29) is 18.5 Å². The van der Waals surface area contributed by atoms with E-state index in [2.05, 4.69) is 0 Å². The van der Waals surface area contributed by atoms with Crippen molar-refractivity contribution in [3.05, 3.63) is 17.7 Å². The Morgan fingerprint density at radius 3 is 1.85 bits per heavy atom. The zero-order valence-corrected chi connectivity index (χ0v) is 6.56. The van der Waals surface area contributed by atoms with Gasteiger partial charge in [-0.15, -0.1) is 0 Å². The van der Waals surface area contributed by atoms with E-state index in [0.717, 1.165) is 12.1 Å². The van der Waals surface area contributed by atoms with Gasteiger partial charge in [0.05, 0.1) is 5.56 Å². The summed E-state index contributed by atoms with van der Waals surface area (Å²) in [4.78, 5) is 10.3. The predicted molar refractivity (Wildman–Crippen MR) is 46.4 cm³/mol. The van der Waals surface area contributed by atoms with Crippen molar-refractivity contribution in [3.8, 4) is 17.2 Å². The van der Waals surface area contributed by atoms with Gasteiger partial charge >= 0.3 is 16.1 Å². The Kier molecular flexibility index (Phi) is 3.27. The molecule has 0 fully saturated rings. The van der Waals surface area contributed by atoms with Crippen molar-refractivity contribution < 1.29 is 28.1 Å². The van der Waals surface area contributed by atoms with Crippen molar-refractivity contribution in [1.82, 2.24) is 0 Å². The Morgan fingerprint density at radius 2 is 1.54 bits per heavy atom. The fourth-order valence-electron chi connectivity index (χ4n) is 0.728. The molecule has 13 heavy (non-hydrogen) atoms. The van der Waals surface area contributed by atoms with Crippen LogP contribution < -0.4 is 0 Å². The van der Waals surface area contributed by atoms with E-state index in [4.69, 9.17) is 20.4 Å². The van der Waals surface area contributed by atoms with Gasteiger partial charge in [0.2, 0.25) is 0 Å². The molecule has 0 aliphatic rings. The molecule has 0 aliphatic heterocycles. The summed E-state index contributed by atoms with van der Waals surface area (Å²) in [7, 11) is 0. The van der Waals surface area contributed by atoms with Crippen LogP contribution in [-0.4, -0.2) is 36.5 Å². The van der Waals surface area contributed by atoms with Crippen molar-refractivity contribution in [3.63, 3.8) is 0 Å². The number of rotatable bonds is 1. The largest absolute Gasteiger partial charge is 2.00 e. The van der Waals surface area contributed by atoms with Gasteiger partial charge in [0.25, 0.3) is 0 Å². The summed E-state index contributed by atoms with van der Waals surface area (Å²) >= 11 is 0. The summed E-state index contributed by atoms with van der Waals surface area (Å²) in [6, 6.07) is 1.69. The zero-order valence-electron chi connectivity index (χ0n) is 8.56. The number of benzene rings is 1. The van der Waals surface area contributed by atoms with Crippen LogP contribution in [0.4, 0.5) is 0 Å². The van der Waals surface area contributed by atoms with Gasteiger partial charge in [0.1, 0.15) is 0 Å². The van der Waals surface area contributed by atoms with Crippen LogP contribution in [0.5, 0.6) is 17.2 Å². The molecule has 0 unspecified atom stereocenters. The summed E-state index contributed by atoms with van der Waals surface area (Å²) in [5.74, 6) is -3.33. The average Bonchev–Trinajstić information content (AvgIpc) is 1.99. The normalized spacial score (nSPS) is 8.92. The van der Waals surface area contributed by atoms with Crippen LogP contribution in [0.1, 0.15) is 13.2 Å². The molecule has 68 valence electrons. The Balaban J connectivity index is -0.000000480. The van der Waals surface area contributed by atoms with Crippen molar-refractivity contribution in [2.24, 2.45) is 0 Å². The van der Waals surface area contributed by atoms with Gasteiger partial charge in [-0.3, -0.25) is 0 Å². The van der Waals surface area contributed by atoms with Gasteiger partial charge < -0.3 is 23.3 Å². The molecule has 4 N–H and O–H groups in total. The minimum Gasteiger partial charge on any atom is -1.00 e. The fraction of sp³-hybridized carbons (Fsp3) is 0. The molecule has 1 aromatic rings. The summed E-state index contributed by atoms with van der Waals surface area (Å²) in [5, 5.41) is 35.0. The zero-order chi connectivity index (χ0) is 9.30. The molecule has 0 amide bonds. The molecule has 0 atom stereocenters. The summed E-state index contributed by atoms with van der Waals surface area (Å²) in [6.07, 6.45) is 0. The van der Waals surface area contributed by atoms with E-state index in [1.807, 2.05) is 0 Å². The molecule has 1 aromatic carbocycles. The van der Waals surface area contributed by atoms with Gasteiger partial charge in [-0.05, 0) is 12.1 Å². The first kappa shape index (κ1) is 11.3. The van der Waals surface area contributed by atoms with E-state index in [1.165, 1.54) is 0 Å². The second-order valence-corrected chi connectivity index (χ2v) is 2.17. The second kappa shape index (κ2) is 3.78. The van der Waals surface area contributed by atoms with Gasteiger partial charge in [0, 0.05) is 0 Å². The molecular formula is C7H8BeO5. The van der Waals surface area contributed by atoms with Gasteiger partial charge in [0.15, 0.2) is 17.2 Å². The average molecular weight is 181 g/mol. The Morgan fingerprint density at radius 1 is 1.15 bits per heavy atom. The Labute approximate surface area is 80.1 Å². The number of carboxylic acids is 1. The summed E-state index contributed by atoms with van der Waals surface area (Å²) in [5.41, 5.74) is -0.289. The molecule has 0 spiro atoms. The van der Waals surface area contributed by atoms with Crippen molar-refractivity contribution in [1.29, 1.82) is 0 Å². The second-order valence-electron chi connectivity index (χ2n) is 2.17. The monoisotopic (exact) mass is 181 g/mol. The van der Waals surface area contributed by atoms with Crippen molar-refractivity contribution >= 4 is 16.1 Å². The number of aromatic hydroxyl groups is 3. The molecule has 0 radical (unpaired) electrons. The van der Waals surface area contributed by atoms with Crippen LogP contribution >= 0.6 is 0 Å². The topological polar surface area (TPSA) is 98.0 Å². The SMILES string of the molecule is O=C(O)c1cc(O)c(O)c(O)c1.[Be+2].[H-].[H-]. The third kappa shape index (κ3) is 2.10. The van der Waals surface area contributed by atoms with Crippen LogP contribution in [0.25, 0.3) is 0 Å². The molecule has 6 heteroatoms. The van der Waals surface area contributed by atoms with E-state index < -0.39 is 23.2 Å². The van der Waals surface area contributed by atoms with Gasteiger partial charge in [-0.2, -0.15) is 0 Å². The Hall–Kier alpha value is -1.74. The summed E-state index contributed by atoms with van der Waals surface area (Å²) in [6.45, 7) is 0. The number of carbonyl (C=O) groups is 1. The first-order valence-electron chi connectivity index (χ1n) is 3.00. The minimum absolute atomic E-state index is 0. The molecule has 0 saturated heterocycles. The van der Waals surface area contributed by atoms with Crippen LogP contribution in [0.15, 0.2) is 12.1 Å².